The zero-order chi connectivity index (χ0) is 19.2. The van der Waals surface area contributed by atoms with Gasteiger partial charge in [-0.15, -0.1) is 0 Å². The van der Waals surface area contributed by atoms with Crippen molar-refractivity contribution in [1.82, 2.24) is 5.32 Å². The minimum absolute atomic E-state index is 0.0825. The summed E-state index contributed by atoms with van der Waals surface area (Å²) in [6.45, 7) is 6.20. The smallest absolute Gasteiger partial charge is 0.258 e. The van der Waals surface area contributed by atoms with Gasteiger partial charge in [0.1, 0.15) is 5.82 Å². The Morgan fingerprint density at radius 2 is 1.77 bits per heavy atom. The number of anilines is 1. The van der Waals surface area contributed by atoms with E-state index in [4.69, 9.17) is 9.47 Å². The number of halogens is 1. The van der Waals surface area contributed by atoms with Crippen molar-refractivity contribution >= 4 is 11.6 Å². The summed E-state index contributed by atoms with van der Waals surface area (Å²) >= 11 is 0. The molecule has 0 unspecified atom stereocenters. The molecule has 0 heterocycles. The fourth-order valence-corrected chi connectivity index (χ4v) is 2.31. The molecule has 0 radical (unpaired) electrons. The van der Waals surface area contributed by atoms with E-state index in [0.717, 1.165) is 11.3 Å². The SMILES string of the molecule is COc1cc(CNc2ccc(F)cc2)ccc1OCC(=O)NC(C)(C)C. The molecule has 0 fully saturated rings. The van der Waals surface area contributed by atoms with Crippen LogP contribution in [0.5, 0.6) is 11.5 Å². The van der Waals surface area contributed by atoms with Gasteiger partial charge in [0.25, 0.3) is 5.91 Å². The van der Waals surface area contributed by atoms with Crippen molar-refractivity contribution in [3.63, 3.8) is 0 Å². The average molecular weight is 360 g/mol. The highest BCUT2D eigenvalue weighted by Crippen LogP contribution is 2.28. The van der Waals surface area contributed by atoms with E-state index in [0.29, 0.717) is 18.0 Å². The van der Waals surface area contributed by atoms with Crippen LogP contribution in [-0.2, 0) is 11.3 Å². The van der Waals surface area contributed by atoms with E-state index >= 15 is 0 Å². The highest BCUT2D eigenvalue weighted by Gasteiger charge is 2.15. The van der Waals surface area contributed by atoms with Gasteiger partial charge in [0, 0.05) is 17.8 Å². The van der Waals surface area contributed by atoms with Crippen molar-refractivity contribution in [1.29, 1.82) is 0 Å². The molecule has 5 nitrogen and oxygen atoms in total. The lowest BCUT2D eigenvalue weighted by Crippen LogP contribution is -2.43. The van der Waals surface area contributed by atoms with Gasteiger partial charge in [0.15, 0.2) is 18.1 Å². The molecule has 0 aliphatic heterocycles. The Balaban J connectivity index is 1.95. The second kappa shape index (κ2) is 8.56. The molecule has 0 aromatic heterocycles. The Morgan fingerprint density at radius 1 is 1.08 bits per heavy atom. The van der Waals surface area contributed by atoms with Gasteiger partial charge in [-0.1, -0.05) is 6.07 Å². The van der Waals surface area contributed by atoms with Crippen molar-refractivity contribution in [2.75, 3.05) is 19.0 Å². The second-order valence-electron chi connectivity index (χ2n) is 6.93. The maximum atomic E-state index is 12.9. The van der Waals surface area contributed by atoms with Crippen molar-refractivity contribution < 1.29 is 18.7 Å². The highest BCUT2D eigenvalue weighted by atomic mass is 19.1. The largest absolute Gasteiger partial charge is 0.493 e. The lowest BCUT2D eigenvalue weighted by molar-refractivity contribution is -0.124. The molecule has 2 aromatic rings. The van der Waals surface area contributed by atoms with E-state index in [1.807, 2.05) is 32.9 Å². The van der Waals surface area contributed by atoms with Crippen molar-refractivity contribution in [3.05, 3.63) is 53.8 Å². The third-order valence-electron chi connectivity index (χ3n) is 3.44. The number of methoxy groups -OCH3 is 1. The van der Waals surface area contributed by atoms with Crippen LogP contribution < -0.4 is 20.1 Å². The molecule has 2 rings (SSSR count). The van der Waals surface area contributed by atoms with Crippen LogP contribution in [0.1, 0.15) is 26.3 Å². The predicted octanol–water partition coefficient (Wildman–Crippen LogP) is 3.74. The van der Waals surface area contributed by atoms with Crippen molar-refractivity contribution in [2.24, 2.45) is 0 Å². The first-order chi connectivity index (χ1) is 12.3. The number of carbonyl (C=O) groups is 1. The van der Waals surface area contributed by atoms with Crippen LogP contribution in [0.25, 0.3) is 0 Å². The monoisotopic (exact) mass is 360 g/mol. The number of hydrogen-bond donors (Lipinski definition) is 2. The minimum atomic E-state index is -0.305. The molecule has 0 atom stereocenters. The molecule has 0 spiro atoms. The van der Waals surface area contributed by atoms with E-state index in [1.165, 1.54) is 12.1 Å². The summed E-state index contributed by atoms with van der Waals surface area (Å²) in [5.74, 6) is 0.588. The molecule has 1 amide bonds. The summed E-state index contributed by atoms with van der Waals surface area (Å²) in [7, 11) is 1.55. The molecule has 0 saturated heterocycles. The number of carbonyl (C=O) groups excluding carboxylic acids is 1. The number of benzene rings is 2. The molecule has 0 bridgehead atoms. The lowest BCUT2D eigenvalue weighted by atomic mass is 10.1. The molecule has 140 valence electrons. The van der Waals surface area contributed by atoms with Gasteiger partial charge in [-0.25, -0.2) is 4.39 Å². The molecular formula is C20H25FN2O3. The van der Waals surface area contributed by atoms with Crippen LogP contribution >= 0.6 is 0 Å². The molecular weight excluding hydrogens is 335 g/mol. The van der Waals surface area contributed by atoms with E-state index in [2.05, 4.69) is 10.6 Å². The van der Waals surface area contributed by atoms with E-state index in [-0.39, 0.29) is 23.9 Å². The molecule has 6 heteroatoms. The number of ether oxygens (including phenoxy) is 2. The second-order valence-corrected chi connectivity index (χ2v) is 6.93. The summed E-state index contributed by atoms with van der Waals surface area (Å²) in [6.07, 6.45) is 0. The summed E-state index contributed by atoms with van der Waals surface area (Å²) < 4.78 is 23.8. The van der Waals surface area contributed by atoms with Gasteiger partial charge in [-0.3, -0.25) is 4.79 Å². The topological polar surface area (TPSA) is 59.6 Å². The third kappa shape index (κ3) is 6.27. The van der Waals surface area contributed by atoms with Gasteiger partial charge < -0.3 is 20.1 Å². The Morgan fingerprint density at radius 3 is 2.38 bits per heavy atom. The molecule has 0 aliphatic carbocycles. The zero-order valence-electron chi connectivity index (χ0n) is 15.6. The predicted molar refractivity (Wildman–Crippen MR) is 100 cm³/mol. The number of hydrogen-bond acceptors (Lipinski definition) is 4. The quantitative estimate of drug-likeness (QED) is 0.790. The Kier molecular flexibility index (Phi) is 6.44. The molecule has 26 heavy (non-hydrogen) atoms. The van der Waals surface area contributed by atoms with Gasteiger partial charge in [0.05, 0.1) is 7.11 Å². The van der Waals surface area contributed by atoms with Crippen LogP contribution in [-0.4, -0.2) is 25.2 Å². The fourth-order valence-electron chi connectivity index (χ4n) is 2.31. The molecule has 2 N–H and O–H groups in total. The summed E-state index contributed by atoms with van der Waals surface area (Å²) in [6, 6.07) is 11.7. The minimum Gasteiger partial charge on any atom is -0.493 e. The average Bonchev–Trinajstić information content (AvgIpc) is 2.58. The summed E-state index contributed by atoms with van der Waals surface area (Å²) in [4.78, 5) is 11.9. The van der Waals surface area contributed by atoms with E-state index in [9.17, 15) is 9.18 Å². The van der Waals surface area contributed by atoms with Gasteiger partial charge in [-0.2, -0.15) is 0 Å². The number of rotatable bonds is 7. The highest BCUT2D eigenvalue weighted by molar-refractivity contribution is 5.78. The third-order valence-corrected chi connectivity index (χ3v) is 3.44. The Bertz CT molecular complexity index is 740. The van der Waals surface area contributed by atoms with Gasteiger partial charge in [-0.05, 0) is 62.7 Å². The van der Waals surface area contributed by atoms with Crippen LogP contribution in [0.4, 0.5) is 10.1 Å². The fraction of sp³-hybridized carbons (Fsp3) is 0.350. The summed E-state index contributed by atoms with van der Waals surface area (Å²) in [5.41, 5.74) is 1.49. The van der Waals surface area contributed by atoms with Gasteiger partial charge in [0.2, 0.25) is 0 Å². The van der Waals surface area contributed by atoms with Crippen LogP contribution in [0.2, 0.25) is 0 Å². The number of amides is 1. The maximum Gasteiger partial charge on any atom is 0.258 e. The molecule has 2 aromatic carbocycles. The maximum absolute atomic E-state index is 12.9. The molecule has 0 aliphatic rings. The van der Waals surface area contributed by atoms with E-state index in [1.54, 1.807) is 25.3 Å². The van der Waals surface area contributed by atoms with Crippen molar-refractivity contribution in [2.45, 2.75) is 32.9 Å². The van der Waals surface area contributed by atoms with Crippen LogP contribution in [0.15, 0.2) is 42.5 Å². The lowest BCUT2D eigenvalue weighted by Gasteiger charge is -2.20. The first kappa shape index (κ1) is 19.6. The summed E-state index contributed by atoms with van der Waals surface area (Å²) in [5, 5.41) is 6.05. The molecule has 0 saturated carbocycles. The van der Waals surface area contributed by atoms with Crippen LogP contribution in [0, 0.1) is 5.82 Å². The van der Waals surface area contributed by atoms with Crippen LogP contribution in [0.3, 0.4) is 0 Å². The van der Waals surface area contributed by atoms with Crippen molar-refractivity contribution in [3.8, 4) is 11.5 Å². The zero-order valence-corrected chi connectivity index (χ0v) is 15.6. The standard InChI is InChI=1S/C20H25FN2O3/c1-20(2,3)23-19(24)13-26-17-10-5-14(11-18(17)25-4)12-22-16-8-6-15(21)7-9-16/h5-11,22H,12-13H2,1-4H3,(H,23,24). The first-order valence-corrected chi connectivity index (χ1v) is 8.37. The Hall–Kier alpha value is -2.76. The number of nitrogens with one attached hydrogen (secondary N) is 2. The van der Waals surface area contributed by atoms with Gasteiger partial charge >= 0.3 is 0 Å². The van der Waals surface area contributed by atoms with E-state index < -0.39 is 0 Å². The Labute approximate surface area is 153 Å². The first-order valence-electron chi connectivity index (χ1n) is 8.37. The normalized spacial score (nSPS) is 11.0.